The van der Waals surface area contributed by atoms with E-state index < -0.39 is 8.07 Å². The first-order valence-corrected chi connectivity index (χ1v) is 11.3. The van der Waals surface area contributed by atoms with E-state index in [1.165, 1.54) is 35.5 Å². The summed E-state index contributed by atoms with van der Waals surface area (Å²) < 4.78 is 0. The van der Waals surface area contributed by atoms with E-state index in [-0.39, 0.29) is 41.1 Å². The van der Waals surface area contributed by atoms with Crippen LogP contribution in [-0.4, -0.2) is 8.07 Å². The molecule has 4 aliphatic rings. The summed E-state index contributed by atoms with van der Waals surface area (Å²) in [4.78, 5) is 0. The fraction of sp³-hybridized carbons (Fsp3) is 0.167. The van der Waals surface area contributed by atoms with Gasteiger partial charge in [0.2, 0.25) is 0 Å². The van der Waals surface area contributed by atoms with E-state index in [0.717, 1.165) is 0 Å². The average Bonchev–Trinajstić information content (AvgIpc) is 3.02. The standard InChI is InChI=1S/C22H22Si.2CH3.Zr/c1-15-13-17-9-5-7-11-19(17)21(15)23(3,4)22-16(2)14-18-10-6-8-12-20(18)22;;;/h5-14H,1-4H3;2*1H3;/q;2*-1;+4. The summed E-state index contributed by atoms with van der Waals surface area (Å²) >= 11 is 0. The first-order chi connectivity index (χ1) is 11.0. The van der Waals surface area contributed by atoms with Gasteiger partial charge in [-0.25, -0.2) is 0 Å². The summed E-state index contributed by atoms with van der Waals surface area (Å²) in [6, 6.07) is 0. The number of rotatable bonds is 2. The van der Waals surface area contributed by atoms with Crippen LogP contribution in [0.4, 0.5) is 0 Å². The minimum Gasteiger partial charge on any atom is -0.358 e. The van der Waals surface area contributed by atoms with Gasteiger partial charge in [-0.2, -0.15) is 0 Å². The SMILES string of the molecule is C[C]1[CH][C]2C=CC=C[C]2[C]1[Si](C)(C)[C]1[C](C)[CH][C]2C=CC=C[C]21.[CH3-].[CH3-].[Zr+4]. The predicted octanol–water partition coefficient (Wildman–Crippen LogP) is 5.99. The summed E-state index contributed by atoms with van der Waals surface area (Å²) in [6.07, 6.45) is 22.4. The monoisotopic (exact) mass is 434 g/mol. The molecule has 0 bridgehead atoms. The van der Waals surface area contributed by atoms with E-state index in [9.17, 15) is 0 Å². The average molecular weight is 436 g/mol. The van der Waals surface area contributed by atoms with Crippen molar-refractivity contribution in [3.05, 3.63) is 123 Å². The molecule has 0 saturated heterocycles. The van der Waals surface area contributed by atoms with Crippen LogP contribution in [0.3, 0.4) is 0 Å². The van der Waals surface area contributed by atoms with Gasteiger partial charge in [-0.1, -0.05) is 75.5 Å². The number of hydrogen-bond acceptors (Lipinski definition) is 0. The van der Waals surface area contributed by atoms with Gasteiger partial charge >= 0.3 is 26.2 Å². The smallest absolute Gasteiger partial charge is 0.358 e. The van der Waals surface area contributed by atoms with Crippen molar-refractivity contribution >= 4 is 8.07 Å². The zero-order chi connectivity index (χ0) is 16.2. The summed E-state index contributed by atoms with van der Waals surface area (Å²) in [7, 11) is -1.77. The third kappa shape index (κ3) is 3.80. The summed E-state index contributed by atoms with van der Waals surface area (Å²) in [5.74, 6) is 8.57. The first kappa shape index (κ1) is 24.1. The molecule has 4 aliphatic carbocycles. The molecule has 0 aliphatic heterocycles. The van der Waals surface area contributed by atoms with Crippen LogP contribution >= 0.6 is 0 Å². The van der Waals surface area contributed by atoms with Crippen molar-refractivity contribution in [3.8, 4) is 0 Å². The summed E-state index contributed by atoms with van der Waals surface area (Å²) in [5, 5.41) is 0. The maximum atomic E-state index is 2.51. The van der Waals surface area contributed by atoms with E-state index in [1.54, 1.807) is 11.1 Å². The van der Waals surface area contributed by atoms with Crippen LogP contribution in [0.15, 0.2) is 48.6 Å². The van der Waals surface area contributed by atoms with Crippen LogP contribution in [0.25, 0.3) is 0 Å². The van der Waals surface area contributed by atoms with Crippen molar-refractivity contribution in [1.29, 1.82) is 0 Å². The maximum Gasteiger partial charge on any atom is 4.00 e. The molecule has 0 nitrogen and oxygen atoms in total. The second kappa shape index (κ2) is 9.04. The Kier molecular flexibility index (Phi) is 8.38. The van der Waals surface area contributed by atoms with E-state index in [4.69, 9.17) is 0 Å². The van der Waals surface area contributed by atoms with Crippen LogP contribution in [0, 0.1) is 74.3 Å². The molecule has 4 rings (SSSR count). The Morgan fingerprint density at radius 2 is 0.962 bits per heavy atom. The Bertz CT molecular complexity index is 535. The molecule has 0 amide bonds. The van der Waals surface area contributed by atoms with Gasteiger partial charge in [0.15, 0.2) is 0 Å². The third-order valence-electron chi connectivity index (χ3n) is 5.24. The van der Waals surface area contributed by atoms with E-state index in [0.29, 0.717) is 0 Å². The topological polar surface area (TPSA) is 0 Å². The van der Waals surface area contributed by atoms with Gasteiger partial charge in [-0.3, -0.25) is 0 Å². The van der Waals surface area contributed by atoms with Gasteiger partial charge in [0.05, 0.1) is 8.07 Å². The van der Waals surface area contributed by atoms with Crippen molar-refractivity contribution in [2.75, 3.05) is 0 Å². The second-order valence-electron chi connectivity index (χ2n) is 7.20. The van der Waals surface area contributed by atoms with E-state index >= 15 is 0 Å². The van der Waals surface area contributed by atoms with Crippen LogP contribution in [0.5, 0.6) is 0 Å². The van der Waals surface area contributed by atoms with E-state index in [2.05, 4.69) is 88.4 Å². The van der Waals surface area contributed by atoms with Gasteiger partial charge < -0.3 is 14.9 Å². The molecule has 2 fully saturated rings. The second-order valence-corrected chi connectivity index (χ2v) is 11.5. The molecule has 10 radical (unpaired) electrons. The molecule has 0 unspecified atom stereocenters. The van der Waals surface area contributed by atoms with Crippen molar-refractivity contribution < 1.29 is 26.2 Å². The van der Waals surface area contributed by atoms with Crippen molar-refractivity contribution in [1.82, 2.24) is 0 Å². The first-order valence-electron chi connectivity index (χ1n) is 8.31. The Labute approximate surface area is 183 Å². The normalized spacial score (nSPS) is 25.7. The van der Waals surface area contributed by atoms with Crippen LogP contribution in [0.1, 0.15) is 13.8 Å². The number of hydrogen-bond donors (Lipinski definition) is 0. The Morgan fingerprint density at radius 3 is 1.35 bits per heavy atom. The van der Waals surface area contributed by atoms with E-state index in [1.807, 2.05) is 0 Å². The molecule has 0 aromatic heterocycles. The Morgan fingerprint density at radius 1 is 0.615 bits per heavy atom. The van der Waals surface area contributed by atoms with Gasteiger partial charge in [0.1, 0.15) is 0 Å². The molecule has 0 aromatic rings. The number of allylic oxidation sites excluding steroid dienone is 8. The van der Waals surface area contributed by atoms with Crippen LogP contribution in [0.2, 0.25) is 13.1 Å². The molecule has 26 heavy (non-hydrogen) atoms. The molecule has 0 heterocycles. The fourth-order valence-corrected chi connectivity index (χ4v) is 8.69. The summed E-state index contributed by atoms with van der Waals surface area (Å²) in [5.41, 5.74) is 3.21. The maximum absolute atomic E-state index is 2.51. The Balaban J connectivity index is 0.00000113. The number of fused-ring (bicyclic) bond motifs is 2. The van der Waals surface area contributed by atoms with Gasteiger partial charge in [-0.15, -0.1) is 0 Å². The van der Waals surface area contributed by atoms with Crippen molar-refractivity contribution in [3.63, 3.8) is 0 Å². The molecule has 0 atom stereocenters. The van der Waals surface area contributed by atoms with Gasteiger partial charge in [0, 0.05) is 23.7 Å². The molecular formula is C24H28SiZr+2. The Hall–Kier alpha value is 0.0600. The van der Waals surface area contributed by atoms with Crippen LogP contribution in [-0.2, 0) is 26.2 Å². The molecule has 0 aromatic carbocycles. The molecule has 130 valence electrons. The van der Waals surface area contributed by atoms with Crippen LogP contribution < -0.4 is 0 Å². The molecule has 2 saturated carbocycles. The minimum absolute atomic E-state index is 0. The quantitative estimate of drug-likeness (QED) is 0.369. The zero-order valence-electron chi connectivity index (χ0n) is 16.8. The summed E-state index contributed by atoms with van der Waals surface area (Å²) in [6.45, 7) is 9.59. The van der Waals surface area contributed by atoms with Gasteiger partial charge in [-0.05, 0) is 35.8 Å². The zero-order valence-corrected chi connectivity index (χ0v) is 20.2. The fourth-order valence-electron chi connectivity index (χ4n) is 4.52. The predicted molar refractivity (Wildman–Crippen MR) is 113 cm³/mol. The largest absolute Gasteiger partial charge is 4.00 e. The third-order valence-corrected chi connectivity index (χ3v) is 9.07. The molecule has 0 N–H and O–H groups in total. The van der Waals surface area contributed by atoms with Crippen molar-refractivity contribution in [2.45, 2.75) is 26.9 Å². The molecule has 0 spiro atoms. The minimum atomic E-state index is -1.77. The molecule has 2 heteroatoms. The molecular weight excluding hydrogens is 408 g/mol. The van der Waals surface area contributed by atoms with Crippen molar-refractivity contribution in [2.24, 2.45) is 0 Å². The van der Waals surface area contributed by atoms with Gasteiger partial charge in [0.25, 0.3) is 0 Å².